The molecule has 1 aliphatic heterocycles. The van der Waals surface area contributed by atoms with Gasteiger partial charge in [0.25, 0.3) is 5.91 Å². The van der Waals surface area contributed by atoms with Gasteiger partial charge in [0.2, 0.25) is 0 Å². The van der Waals surface area contributed by atoms with Crippen LogP contribution in [0.1, 0.15) is 35.2 Å². The lowest BCUT2D eigenvalue weighted by molar-refractivity contribution is -0.166. The van der Waals surface area contributed by atoms with Gasteiger partial charge in [-0.05, 0) is 31.4 Å². The van der Waals surface area contributed by atoms with Gasteiger partial charge in [-0.3, -0.25) is 4.79 Å². The molecule has 3 rings (SSSR count). The van der Waals surface area contributed by atoms with Crippen molar-refractivity contribution in [3.05, 3.63) is 35.4 Å². The maximum Gasteiger partial charge on any atom is 0.442 e. The standard InChI is InChI=1S/C14H13F4N3O/c15-8-12(5-2-6-12)19-11(22)9-3-1-4-10(7-9)13(20-21-13)14(16,17)18/h1,3-4,7H,2,5-6,8H2,(H,19,22). The summed E-state index contributed by atoms with van der Waals surface area (Å²) >= 11 is 0. The fourth-order valence-corrected chi connectivity index (χ4v) is 2.53. The largest absolute Gasteiger partial charge is 0.442 e. The summed E-state index contributed by atoms with van der Waals surface area (Å²) in [6.45, 7) is -0.685. The molecule has 2 aliphatic rings. The number of nitrogens with one attached hydrogen (secondary N) is 1. The number of amides is 1. The summed E-state index contributed by atoms with van der Waals surface area (Å²) in [5.41, 5.74) is -3.60. The van der Waals surface area contributed by atoms with Crippen LogP contribution in [0.4, 0.5) is 17.6 Å². The Morgan fingerprint density at radius 2 is 1.95 bits per heavy atom. The molecule has 22 heavy (non-hydrogen) atoms. The average Bonchev–Trinajstić information content (AvgIpc) is 3.24. The van der Waals surface area contributed by atoms with Crippen LogP contribution >= 0.6 is 0 Å². The van der Waals surface area contributed by atoms with E-state index in [0.29, 0.717) is 12.8 Å². The smallest absolute Gasteiger partial charge is 0.344 e. The third-order valence-electron chi connectivity index (χ3n) is 4.17. The molecule has 0 saturated heterocycles. The minimum absolute atomic E-state index is 0.0400. The Morgan fingerprint density at radius 1 is 1.27 bits per heavy atom. The van der Waals surface area contributed by atoms with E-state index in [9.17, 15) is 22.4 Å². The molecule has 0 aromatic heterocycles. The second kappa shape index (κ2) is 4.76. The first-order valence-electron chi connectivity index (χ1n) is 6.82. The van der Waals surface area contributed by atoms with Crippen molar-refractivity contribution in [3.63, 3.8) is 0 Å². The summed E-state index contributed by atoms with van der Waals surface area (Å²) in [4.78, 5) is 12.1. The molecule has 1 fully saturated rings. The molecule has 1 heterocycles. The Balaban J connectivity index is 1.81. The minimum atomic E-state index is -4.64. The number of carbonyl (C=O) groups excluding carboxylic acids is 1. The van der Waals surface area contributed by atoms with Gasteiger partial charge in [0.15, 0.2) is 0 Å². The zero-order valence-electron chi connectivity index (χ0n) is 11.5. The highest BCUT2D eigenvalue weighted by Gasteiger charge is 2.65. The van der Waals surface area contributed by atoms with Crippen LogP contribution in [0.2, 0.25) is 0 Å². The van der Waals surface area contributed by atoms with E-state index in [2.05, 4.69) is 15.5 Å². The van der Waals surface area contributed by atoms with Gasteiger partial charge >= 0.3 is 11.8 Å². The first-order chi connectivity index (χ1) is 10.3. The van der Waals surface area contributed by atoms with Crippen molar-refractivity contribution in [1.82, 2.24) is 5.32 Å². The number of alkyl halides is 4. The summed E-state index contributed by atoms with van der Waals surface area (Å²) < 4.78 is 51.9. The Morgan fingerprint density at radius 3 is 2.41 bits per heavy atom. The molecule has 0 bridgehead atoms. The van der Waals surface area contributed by atoms with E-state index in [1.807, 2.05) is 0 Å². The number of nitrogens with zero attached hydrogens (tertiary/aromatic N) is 2. The Kier molecular flexibility index (Phi) is 3.23. The van der Waals surface area contributed by atoms with Crippen LogP contribution in [0.3, 0.4) is 0 Å². The van der Waals surface area contributed by atoms with Crippen LogP contribution < -0.4 is 5.32 Å². The van der Waals surface area contributed by atoms with E-state index in [-0.39, 0.29) is 11.1 Å². The molecule has 8 heteroatoms. The zero-order chi connectivity index (χ0) is 16.0. The van der Waals surface area contributed by atoms with E-state index in [1.54, 1.807) is 0 Å². The van der Waals surface area contributed by atoms with Crippen LogP contribution in [0.25, 0.3) is 0 Å². The van der Waals surface area contributed by atoms with Gasteiger partial charge < -0.3 is 5.32 Å². The van der Waals surface area contributed by atoms with Gasteiger partial charge in [0.1, 0.15) is 6.67 Å². The van der Waals surface area contributed by atoms with Crippen LogP contribution in [0.15, 0.2) is 34.5 Å². The topological polar surface area (TPSA) is 53.8 Å². The number of halogens is 4. The molecule has 0 atom stereocenters. The van der Waals surface area contributed by atoms with E-state index in [0.717, 1.165) is 12.5 Å². The molecule has 0 radical (unpaired) electrons. The fraction of sp³-hybridized carbons (Fsp3) is 0.500. The van der Waals surface area contributed by atoms with Crippen molar-refractivity contribution in [1.29, 1.82) is 0 Å². The number of benzene rings is 1. The predicted molar refractivity (Wildman–Crippen MR) is 69.1 cm³/mol. The highest BCUT2D eigenvalue weighted by Crippen LogP contribution is 2.52. The van der Waals surface area contributed by atoms with Crippen molar-refractivity contribution >= 4 is 5.91 Å². The second-order valence-electron chi connectivity index (χ2n) is 5.67. The van der Waals surface area contributed by atoms with E-state index < -0.39 is 30.0 Å². The second-order valence-corrected chi connectivity index (χ2v) is 5.67. The average molecular weight is 315 g/mol. The summed E-state index contributed by atoms with van der Waals surface area (Å²) in [5.74, 6) is -0.586. The van der Waals surface area contributed by atoms with E-state index >= 15 is 0 Å². The number of hydrogen-bond donors (Lipinski definition) is 1. The first kappa shape index (κ1) is 14.9. The highest BCUT2D eigenvalue weighted by molar-refractivity contribution is 5.95. The van der Waals surface area contributed by atoms with Crippen LogP contribution in [-0.4, -0.2) is 24.3 Å². The van der Waals surface area contributed by atoms with Crippen LogP contribution in [0.5, 0.6) is 0 Å². The summed E-state index contributed by atoms with van der Waals surface area (Å²) in [7, 11) is 0. The molecule has 0 spiro atoms. The third-order valence-corrected chi connectivity index (χ3v) is 4.17. The normalized spacial score (nSPS) is 21.1. The third kappa shape index (κ3) is 2.26. The molecular weight excluding hydrogens is 302 g/mol. The maximum atomic E-state index is 13.0. The molecule has 1 aromatic rings. The zero-order valence-corrected chi connectivity index (χ0v) is 11.5. The Labute approximate surface area is 123 Å². The highest BCUT2D eigenvalue weighted by atomic mass is 19.4. The van der Waals surface area contributed by atoms with Gasteiger partial charge in [-0.1, -0.05) is 12.1 Å². The van der Waals surface area contributed by atoms with Crippen molar-refractivity contribution in [2.24, 2.45) is 10.2 Å². The summed E-state index contributed by atoms with van der Waals surface area (Å²) in [5, 5.41) is 8.78. The van der Waals surface area contributed by atoms with Gasteiger partial charge in [-0.25, -0.2) is 4.39 Å². The fourth-order valence-electron chi connectivity index (χ4n) is 2.53. The number of hydrogen-bond acceptors (Lipinski definition) is 3. The van der Waals surface area contributed by atoms with Crippen molar-refractivity contribution in [3.8, 4) is 0 Å². The molecule has 1 aromatic carbocycles. The van der Waals surface area contributed by atoms with Crippen molar-refractivity contribution in [2.45, 2.75) is 36.6 Å². The predicted octanol–water partition coefficient (Wildman–Crippen LogP) is 3.49. The molecular formula is C14H13F4N3O. The SMILES string of the molecule is O=C(NC1(CF)CCC1)c1cccc(C2(C(F)(F)F)N=N2)c1. The quantitative estimate of drug-likeness (QED) is 0.850. The van der Waals surface area contributed by atoms with Crippen LogP contribution in [0, 0.1) is 0 Å². The Hall–Kier alpha value is -1.99. The number of carbonyl (C=O) groups is 1. The molecule has 1 N–H and O–H groups in total. The van der Waals surface area contributed by atoms with Crippen molar-refractivity contribution < 1.29 is 22.4 Å². The lowest BCUT2D eigenvalue weighted by Crippen LogP contribution is -2.55. The first-order valence-corrected chi connectivity index (χ1v) is 6.82. The van der Waals surface area contributed by atoms with Crippen molar-refractivity contribution in [2.75, 3.05) is 6.67 Å². The summed E-state index contributed by atoms with van der Waals surface area (Å²) in [6.07, 6.45) is -2.76. The minimum Gasteiger partial charge on any atom is -0.344 e. The monoisotopic (exact) mass is 315 g/mol. The van der Waals surface area contributed by atoms with Gasteiger partial charge in [0.05, 0.1) is 5.54 Å². The van der Waals surface area contributed by atoms with E-state index in [1.165, 1.54) is 18.2 Å². The molecule has 4 nitrogen and oxygen atoms in total. The van der Waals surface area contributed by atoms with Gasteiger partial charge in [-0.15, -0.1) is 10.2 Å². The maximum absolute atomic E-state index is 13.0. The van der Waals surface area contributed by atoms with Gasteiger partial charge in [0, 0.05) is 11.1 Å². The Bertz CT molecular complexity index is 626. The summed E-state index contributed by atoms with van der Waals surface area (Å²) in [6, 6.07) is 5.05. The molecule has 1 saturated carbocycles. The van der Waals surface area contributed by atoms with Crippen LogP contribution in [-0.2, 0) is 5.66 Å². The molecule has 1 aliphatic carbocycles. The van der Waals surface area contributed by atoms with E-state index in [4.69, 9.17) is 0 Å². The molecule has 1 amide bonds. The number of rotatable bonds is 4. The molecule has 0 unspecified atom stereocenters. The lowest BCUT2D eigenvalue weighted by atomic mass is 9.77. The van der Waals surface area contributed by atoms with Gasteiger partial charge in [-0.2, -0.15) is 13.2 Å². The lowest BCUT2D eigenvalue weighted by Gasteiger charge is -2.40. The molecule has 118 valence electrons.